The number of aliphatic carboxylic acids is 1. The van der Waals surface area contributed by atoms with E-state index in [0.29, 0.717) is 23.0 Å². The molecule has 1 N–H and O–H groups in total. The summed E-state index contributed by atoms with van der Waals surface area (Å²) in [5.41, 5.74) is 4.89. The van der Waals surface area contributed by atoms with Gasteiger partial charge in [-0.1, -0.05) is 59.8 Å². The van der Waals surface area contributed by atoms with Crippen molar-refractivity contribution >= 4 is 23.0 Å². The molecule has 0 atom stereocenters. The van der Waals surface area contributed by atoms with Crippen LogP contribution < -0.4 is 4.74 Å². The van der Waals surface area contributed by atoms with E-state index in [1.165, 1.54) is 0 Å². The Labute approximate surface area is 223 Å². The first-order chi connectivity index (χ1) is 18.6. The Morgan fingerprint density at radius 3 is 2.37 bits per heavy atom. The molecule has 5 aromatic rings. The largest absolute Gasteiger partial charge is 0.487 e. The molecule has 0 aliphatic heterocycles. The highest BCUT2D eigenvalue weighted by Gasteiger charge is 2.14. The third kappa shape index (κ3) is 5.99. The number of rotatable bonds is 10. The molecule has 38 heavy (non-hydrogen) atoms. The molecule has 8 heteroatoms. The number of nitrogens with zero attached hydrogens (tertiary/aromatic N) is 2. The highest BCUT2D eigenvalue weighted by atomic mass is 32.1. The number of oxime groups is 1. The molecule has 2 aromatic heterocycles. The average Bonchev–Trinajstić information content (AvgIpc) is 3.61. The van der Waals surface area contributed by atoms with Crippen molar-refractivity contribution in [1.29, 1.82) is 0 Å². The lowest BCUT2D eigenvalue weighted by molar-refractivity contribution is -0.129. The van der Waals surface area contributed by atoms with Crippen molar-refractivity contribution in [3.63, 3.8) is 0 Å². The summed E-state index contributed by atoms with van der Waals surface area (Å²) in [6.45, 7) is 2.25. The molecule has 0 radical (unpaired) electrons. The number of carbonyl (C=O) groups is 1. The van der Waals surface area contributed by atoms with Crippen LogP contribution in [0.2, 0.25) is 0 Å². The number of aromatic nitrogens is 1. The Morgan fingerprint density at radius 1 is 0.921 bits per heavy atom. The highest BCUT2D eigenvalue weighted by molar-refractivity contribution is 7.08. The van der Waals surface area contributed by atoms with Crippen LogP contribution in [0.4, 0.5) is 0 Å². The Kier molecular flexibility index (Phi) is 7.61. The standard InChI is InChI=1S/C30H24N2O5S/c1-20-27(31-29(37-20)24-5-3-2-4-6-24)18-35-26-13-7-21(8-14-26)17-36-32-28(30(33)34)23-11-9-22(10-12-23)25-15-16-38-19-25/h2-16,19H,17-18H2,1H3,(H,33,34)/b32-28+. The Hall–Kier alpha value is -4.69. The third-order valence-corrected chi connectivity index (χ3v) is 6.50. The normalized spacial score (nSPS) is 11.3. The summed E-state index contributed by atoms with van der Waals surface area (Å²) < 4.78 is 11.7. The first-order valence-electron chi connectivity index (χ1n) is 11.9. The number of oxazole rings is 1. The van der Waals surface area contributed by atoms with Crippen molar-refractivity contribution in [3.05, 3.63) is 118 Å². The SMILES string of the molecule is Cc1oc(-c2ccccc2)nc1COc1ccc(CO/N=C(/C(=O)O)c2ccc(-c3ccsc3)cc2)cc1. The Bertz CT molecular complexity index is 1520. The molecule has 0 unspecified atom stereocenters. The van der Waals surface area contributed by atoms with Crippen LogP contribution in [0.1, 0.15) is 22.6 Å². The fourth-order valence-corrected chi connectivity index (χ4v) is 4.40. The smallest absolute Gasteiger partial charge is 0.358 e. The molecular weight excluding hydrogens is 500 g/mol. The average molecular weight is 525 g/mol. The van der Waals surface area contributed by atoms with Crippen molar-refractivity contribution < 1.29 is 23.9 Å². The van der Waals surface area contributed by atoms with E-state index < -0.39 is 5.97 Å². The fraction of sp³-hybridized carbons (Fsp3) is 0.100. The van der Waals surface area contributed by atoms with E-state index in [-0.39, 0.29) is 18.9 Å². The van der Waals surface area contributed by atoms with Crippen LogP contribution in [-0.2, 0) is 22.8 Å². The molecule has 0 aliphatic carbocycles. The molecule has 3 aromatic carbocycles. The summed E-state index contributed by atoms with van der Waals surface area (Å²) in [4.78, 5) is 21.7. The van der Waals surface area contributed by atoms with Crippen LogP contribution in [0, 0.1) is 6.92 Å². The van der Waals surface area contributed by atoms with Crippen LogP contribution in [-0.4, -0.2) is 21.8 Å². The number of aryl methyl sites for hydroxylation is 1. The van der Waals surface area contributed by atoms with E-state index in [0.717, 1.165) is 27.9 Å². The highest BCUT2D eigenvalue weighted by Crippen LogP contribution is 2.24. The number of carboxylic acid groups (broad SMARTS) is 1. The topological polar surface area (TPSA) is 94.2 Å². The quantitative estimate of drug-likeness (QED) is 0.157. The maximum Gasteiger partial charge on any atom is 0.358 e. The van der Waals surface area contributed by atoms with Gasteiger partial charge in [-0.05, 0) is 64.7 Å². The van der Waals surface area contributed by atoms with Gasteiger partial charge in [-0.3, -0.25) is 0 Å². The second kappa shape index (κ2) is 11.6. The van der Waals surface area contributed by atoms with Gasteiger partial charge in [0.1, 0.15) is 30.4 Å². The minimum Gasteiger partial charge on any atom is -0.487 e. The van der Waals surface area contributed by atoms with Crippen LogP contribution in [0.3, 0.4) is 0 Å². The van der Waals surface area contributed by atoms with Crippen LogP contribution >= 0.6 is 11.3 Å². The van der Waals surface area contributed by atoms with Gasteiger partial charge in [0.2, 0.25) is 5.89 Å². The molecule has 0 saturated carbocycles. The molecule has 0 bridgehead atoms. The zero-order chi connectivity index (χ0) is 26.3. The van der Waals surface area contributed by atoms with Gasteiger partial charge in [0.15, 0.2) is 5.71 Å². The number of benzene rings is 3. The summed E-state index contributed by atoms with van der Waals surface area (Å²) in [5.74, 6) is 0.782. The van der Waals surface area contributed by atoms with E-state index >= 15 is 0 Å². The second-order valence-corrected chi connectivity index (χ2v) is 9.21. The molecule has 190 valence electrons. The summed E-state index contributed by atoms with van der Waals surface area (Å²) >= 11 is 1.61. The molecule has 5 rings (SSSR count). The zero-order valence-electron chi connectivity index (χ0n) is 20.5. The lowest BCUT2D eigenvalue weighted by Gasteiger charge is -2.07. The Morgan fingerprint density at radius 2 is 1.68 bits per heavy atom. The molecule has 0 saturated heterocycles. The Balaban J connectivity index is 1.17. The molecule has 0 fully saturated rings. The molecule has 0 amide bonds. The van der Waals surface area contributed by atoms with Gasteiger partial charge in [0.05, 0.1) is 0 Å². The number of ether oxygens (including phenoxy) is 1. The maximum absolute atomic E-state index is 11.8. The summed E-state index contributed by atoms with van der Waals surface area (Å²) in [5, 5.41) is 17.5. The summed E-state index contributed by atoms with van der Waals surface area (Å²) in [6, 6.07) is 26.2. The van der Waals surface area contributed by atoms with Crippen LogP contribution in [0.25, 0.3) is 22.6 Å². The van der Waals surface area contributed by atoms with Gasteiger partial charge in [-0.15, -0.1) is 0 Å². The first-order valence-corrected chi connectivity index (χ1v) is 12.8. The van der Waals surface area contributed by atoms with Gasteiger partial charge in [-0.2, -0.15) is 11.3 Å². The van der Waals surface area contributed by atoms with E-state index in [9.17, 15) is 9.90 Å². The van der Waals surface area contributed by atoms with E-state index in [1.807, 2.05) is 90.5 Å². The summed E-state index contributed by atoms with van der Waals surface area (Å²) in [7, 11) is 0. The predicted octanol–water partition coefficient (Wildman–Crippen LogP) is 6.96. The van der Waals surface area contributed by atoms with E-state index in [4.69, 9.17) is 14.0 Å². The molecule has 0 aliphatic rings. The van der Waals surface area contributed by atoms with Gasteiger partial charge < -0.3 is 19.1 Å². The number of thiophene rings is 1. The lowest BCUT2D eigenvalue weighted by atomic mass is 10.0. The molecule has 0 spiro atoms. The number of hydrogen-bond acceptors (Lipinski definition) is 7. The molecule has 7 nitrogen and oxygen atoms in total. The van der Waals surface area contributed by atoms with Gasteiger partial charge in [-0.25, -0.2) is 9.78 Å². The molecule has 2 heterocycles. The van der Waals surface area contributed by atoms with Crippen molar-refractivity contribution in [2.45, 2.75) is 20.1 Å². The lowest BCUT2D eigenvalue weighted by Crippen LogP contribution is -2.15. The van der Waals surface area contributed by atoms with Crippen molar-refractivity contribution in [3.8, 4) is 28.3 Å². The van der Waals surface area contributed by atoms with Crippen molar-refractivity contribution in [1.82, 2.24) is 4.98 Å². The van der Waals surface area contributed by atoms with Crippen molar-refractivity contribution in [2.24, 2.45) is 5.16 Å². The van der Waals surface area contributed by atoms with Crippen molar-refractivity contribution in [2.75, 3.05) is 0 Å². The maximum atomic E-state index is 11.8. The molecular formula is C30H24N2O5S. The third-order valence-electron chi connectivity index (χ3n) is 5.81. The minimum absolute atomic E-state index is 0.118. The zero-order valence-corrected chi connectivity index (χ0v) is 21.4. The van der Waals surface area contributed by atoms with E-state index in [1.54, 1.807) is 23.5 Å². The second-order valence-electron chi connectivity index (χ2n) is 8.43. The number of hydrogen-bond donors (Lipinski definition) is 1. The van der Waals surface area contributed by atoms with Gasteiger partial charge in [0, 0.05) is 11.1 Å². The fourth-order valence-electron chi connectivity index (χ4n) is 3.74. The number of carboxylic acids is 1. The van der Waals surface area contributed by atoms with Crippen LogP contribution in [0.15, 0.2) is 105 Å². The predicted molar refractivity (Wildman–Crippen MR) is 146 cm³/mol. The van der Waals surface area contributed by atoms with E-state index in [2.05, 4.69) is 10.1 Å². The first kappa shape index (κ1) is 25.0. The van der Waals surface area contributed by atoms with Crippen LogP contribution in [0.5, 0.6) is 5.75 Å². The minimum atomic E-state index is -1.16. The van der Waals surface area contributed by atoms with Gasteiger partial charge >= 0.3 is 5.97 Å². The summed E-state index contributed by atoms with van der Waals surface area (Å²) in [6.07, 6.45) is 0. The monoisotopic (exact) mass is 524 g/mol. The van der Waals surface area contributed by atoms with Gasteiger partial charge in [0.25, 0.3) is 0 Å².